The van der Waals surface area contributed by atoms with E-state index in [0.717, 1.165) is 33.8 Å². The molecule has 0 spiro atoms. The molecule has 0 aliphatic carbocycles. The summed E-state index contributed by atoms with van der Waals surface area (Å²) in [5.41, 5.74) is 5.95. The summed E-state index contributed by atoms with van der Waals surface area (Å²) >= 11 is 0. The summed E-state index contributed by atoms with van der Waals surface area (Å²) < 4.78 is 0. The zero-order chi connectivity index (χ0) is 25.2. The van der Waals surface area contributed by atoms with Crippen LogP contribution in [0.2, 0.25) is 0 Å². The first-order chi connectivity index (χ1) is 15.9. The van der Waals surface area contributed by atoms with Gasteiger partial charge in [0.05, 0.1) is 23.9 Å². The summed E-state index contributed by atoms with van der Waals surface area (Å²) in [5, 5.41) is 24.5. The van der Waals surface area contributed by atoms with Crippen LogP contribution < -0.4 is 10.6 Å². The average Bonchev–Trinajstić information content (AvgIpc) is 3.31. The van der Waals surface area contributed by atoms with Crippen molar-refractivity contribution in [2.75, 3.05) is 6.54 Å². The number of nitrogens with one attached hydrogen (secondary N) is 3. The van der Waals surface area contributed by atoms with Gasteiger partial charge in [-0.3, -0.25) is 9.89 Å². The third kappa shape index (κ3) is 5.88. The Morgan fingerprint density at radius 1 is 1.26 bits per heavy atom. The number of benzene rings is 1. The predicted molar refractivity (Wildman–Crippen MR) is 137 cm³/mol. The number of aliphatic hydroxyl groups excluding tert-OH is 1. The van der Waals surface area contributed by atoms with Crippen molar-refractivity contribution in [1.82, 2.24) is 25.7 Å². The van der Waals surface area contributed by atoms with Crippen molar-refractivity contribution >= 4 is 5.91 Å². The number of nitrogens with zero attached hydrogens (tertiary/aromatic N) is 2. The second kappa shape index (κ2) is 10.3. The van der Waals surface area contributed by atoms with E-state index in [2.05, 4.69) is 72.4 Å². The van der Waals surface area contributed by atoms with Gasteiger partial charge in [0.2, 0.25) is 5.91 Å². The van der Waals surface area contributed by atoms with E-state index in [4.69, 9.17) is 0 Å². The lowest BCUT2D eigenvalue weighted by Crippen LogP contribution is -2.56. The van der Waals surface area contributed by atoms with E-state index in [1.807, 2.05) is 27.7 Å². The number of amides is 1. The number of carbonyl (C=O) groups is 1. The summed E-state index contributed by atoms with van der Waals surface area (Å²) in [6, 6.07) is 7.99. The summed E-state index contributed by atoms with van der Waals surface area (Å²) in [6.07, 6.45) is -0.0541. The molecule has 34 heavy (non-hydrogen) atoms. The molecular formula is C27H41N5O2. The van der Waals surface area contributed by atoms with Gasteiger partial charge in [-0.05, 0) is 30.4 Å². The molecule has 1 aliphatic rings. The maximum atomic E-state index is 13.5. The Bertz CT molecular complexity index is 984. The van der Waals surface area contributed by atoms with Crippen LogP contribution >= 0.6 is 0 Å². The van der Waals surface area contributed by atoms with E-state index in [1.54, 1.807) is 4.90 Å². The maximum absolute atomic E-state index is 13.5. The number of aromatic amines is 1. The zero-order valence-corrected chi connectivity index (χ0v) is 21.7. The summed E-state index contributed by atoms with van der Waals surface area (Å²) in [4.78, 5) is 15.3. The molecule has 3 rings (SSSR count). The van der Waals surface area contributed by atoms with Crippen LogP contribution in [0.4, 0.5) is 0 Å². The number of rotatable bonds is 8. The molecule has 4 N–H and O–H groups in total. The van der Waals surface area contributed by atoms with E-state index < -0.39 is 6.10 Å². The molecular weight excluding hydrogens is 426 g/mol. The molecule has 0 saturated carbocycles. The van der Waals surface area contributed by atoms with Crippen molar-refractivity contribution in [3.05, 3.63) is 53.5 Å². The Labute approximate surface area is 204 Å². The number of aromatic nitrogens is 2. The third-order valence-electron chi connectivity index (χ3n) is 6.47. The predicted octanol–water partition coefficient (Wildman–Crippen LogP) is 3.67. The standard InChI is InChI=1S/C27H41N5O2/c1-16(2)29-25(27(6,7)8)26(34)32-15-22(33)13-23(32)17(3)28-14-20-9-11-21(12-10-20)24-18(4)30-31-19(24)5/h9-12,16,22-23,25,28-29,33H,3,13-15H2,1-2,4-8H3,(H,30,31)/t22-,23+,25-/m1/s1. The SMILES string of the molecule is C=C(NCc1ccc(-c2c(C)n[nH]c2C)cc1)[C@@H]1C[C@@H](O)CN1C(=O)[C@@H](NC(C)C)C(C)(C)C. The minimum atomic E-state index is -0.548. The highest BCUT2D eigenvalue weighted by atomic mass is 16.3. The van der Waals surface area contributed by atoms with Crippen molar-refractivity contribution in [2.24, 2.45) is 5.41 Å². The van der Waals surface area contributed by atoms with Gasteiger partial charge in [-0.1, -0.05) is 65.5 Å². The highest BCUT2D eigenvalue weighted by molar-refractivity contribution is 5.83. The van der Waals surface area contributed by atoms with Gasteiger partial charge in [0, 0.05) is 42.5 Å². The minimum absolute atomic E-state index is 0.0147. The molecule has 0 radical (unpaired) electrons. The molecule has 186 valence electrons. The molecule has 0 bridgehead atoms. The first-order valence-electron chi connectivity index (χ1n) is 12.2. The van der Waals surface area contributed by atoms with Gasteiger partial charge in [0.1, 0.15) is 0 Å². The molecule has 1 aliphatic heterocycles. The van der Waals surface area contributed by atoms with Gasteiger partial charge in [-0.25, -0.2) is 0 Å². The molecule has 1 fully saturated rings. The smallest absolute Gasteiger partial charge is 0.240 e. The highest BCUT2D eigenvalue weighted by Gasteiger charge is 2.42. The molecule has 1 amide bonds. The Balaban J connectivity index is 1.68. The van der Waals surface area contributed by atoms with Gasteiger partial charge in [-0.15, -0.1) is 0 Å². The fraction of sp³-hybridized carbons (Fsp3) is 0.556. The van der Waals surface area contributed by atoms with E-state index in [1.165, 1.54) is 0 Å². The molecule has 3 atom stereocenters. The van der Waals surface area contributed by atoms with Crippen molar-refractivity contribution in [3.63, 3.8) is 0 Å². The summed E-state index contributed by atoms with van der Waals surface area (Å²) in [7, 11) is 0. The van der Waals surface area contributed by atoms with Crippen LogP contribution in [-0.4, -0.2) is 56.9 Å². The second-order valence-corrected chi connectivity index (χ2v) is 10.9. The van der Waals surface area contributed by atoms with Crippen molar-refractivity contribution < 1.29 is 9.90 Å². The van der Waals surface area contributed by atoms with Gasteiger partial charge in [0.25, 0.3) is 0 Å². The summed E-state index contributed by atoms with van der Waals surface area (Å²) in [6.45, 7) is 19.5. The van der Waals surface area contributed by atoms with Gasteiger partial charge < -0.3 is 20.6 Å². The van der Waals surface area contributed by atoms with E-state index in [0.29, 0.717) is 19.5 Å². The van der Waals surface area contributed by atoms with Gasteiger partial charge in [0.15, 0.2) is 0 Å². The molecule has 2 heterocycles. The number of hydrogen-bond donors (Lipinski definition) is 4. The van der Waals surface area contributed by atoms with Crippen LogP contribution in [0.3, 0.4) is 0 Å². The Hall–Kier alpha value is -2.64. The van der Waals surface area contributed by atoms with Crippen LogP contribution in [0.1, 0.15) is 58.0 Å². The number of likely N-dealkylation sites (tertiary alicyclic amines) is 1. The van der Waals surface area contributed by atoms with Crippen LogP contribution in [0, 0.1) is 19.3 Å². The maximum Gasteiger partial charge on any atom is 0.240 e. The van der Waals surface area contributed by atoms with Crippen LogP contribution in [0.5, 0.6) is 0 Å². The number of H-pyrrole nitrogens is 1. The number of aliphatic hydroxyl groups is 1. The van der Waals surface area contributed by atoms with Crippen molar-refractivity contribution in [3.8, 4) is 11.1 Å². The van der Waals surface area contributed by atoms with E-state index >= 15 is 0 Å². The van der Waals surface area contributed by atoms with Gasteiger partial charge >= 0.3 is 0 Å². The van der Waals surface area contributed by atoms with Crippen LogP contribution in [-0.2, 0) is 11.3 Å². The lowest BCUT2D eigenvalue weighted by Gasteiger charge is -2.37. The number of aryl methyl sites for hydroxylation is 2. The zero-order valence-electron chi connectivity index (χ0n) is 21.7. The third-order valence-corrected chi connectivity index (χ3v) is 6.47. The highest BCUT2D eigenvalue weighted by Crippen LogP contribution is 2.29. The Morgan fingerprint density at radius 2 is 1.91 bits per heavy atom. The molecule has 0 unspecified atom stereocenters. The minimum Gasteiger partial charge on any atom is -0.391 e. The number of hydrogen-bond acceptors (Lipinski definition) is 5. The van der Waals surface area contributed by atoms with Crippen LogP contribution in [0.25, 0.3) is 11.1 Å². The molecule has 7 heteroatoms. The first kappa shape index (κ1) is 26.0. The largest absolute Gasteiger partial charge is 0.391 e. The molecule has 2 aromatic rings. The molecule has 1 aromatic carbocycles. The number of carbonyl (C=O) groups excluding carboxylic acids is 1. The van der Waals surface area contributed by atoms with Crippen molar-refractivity contribution in [2.45, 2.75) is 85.7 Å². The lowest BCUT2D eigenvalue weighted by molar-refractivity contribution is -0.137. The Kier molecular flexibility index (Phi) is 7.88. The fourth-order valence-corrected chi connectivity index (χ4v) is 4.68. The quantitative estimate of drug-likeness (QED) is 0.475. The van der Waals surface area contributed by atoms with Crippen LogP contribution in [0.15, 0.2) is 36.5 Å². The fourth-order valence-electron chi connectivity index (χ4n) is 4.68. The van der Waals surface area contributed by atoms with Gasteiger partial charge in [-0.2, -0.15) is 5.10 Å². The van der Waals surface area contributed by atoms with Crippen molar-refractivity contribution in [1.29, 1.82) is 0 Å². The molecule has 1 aromatic heterocycles. The summed E-state index contributed by atoms with van der Waals surface area (Å²) in [5.74, 6) is 0.0147. The topological polar surface area (TPSA) is 93.3 Å². The van der Waals surface area contributed by atoms with E-state index in [9.17, 15) is 9.90 Å². The Morgan fingerprint density at radius 3 is 2.44 bits per heavy atom. The normalized spacial score (nSPS) is 19.5. The molecule has 7 nitrogen and oxygen atoms in total. The van der Waals surface area contributed by atoms with E-state index in [-0.39, 0.29) is 29.4 Å². The molecule has 1 saturated heterocycles. The monoisotopic (exact) mass is 467 g/mol. The first-order valence-corrected chi connectivity index (χ1v) is 12.2. The average molecular weight is 468 g/mol. The second-order valence-electron chi connectivity index (χ2n) is 10.9. The number of β-amino-alcohol motifs (C(OH)–C–C–N with tert-alkyl or cyclic N) is 1. The lowest BCUT2D eigenvalue weighted by atomic mass is 9.85.